The van der Waals surface area contributed by atoms with Crippen LogP contribution in [0.2, 0.25) is 0 Å². The van der Waals surface area contributed by atoms with Gasteiger partial charge >= 0.3 is 0 Å². The topological polar surface area (TPSA) is 13.1 Å². The minimum absolute atomic E-state index is 0.178. The molecule has 0 saturated carbocycles. The van der Waals surface area contributed by atoms with E-state index in [1.165, 1.54) is 0 Å². The van der Waals surface area contributed by atoms with Crippen LogP contribution in [0.5, 0.6) is 0 Å². The van der Waals surface area contributed by atoms with Crippen LogP contribution in [0.25, 0.3) is 98.8 Å². The molecule has 1 aromatic heterocycles. The largest absolute Gasteiger partial charge is 0.456 e. The molecule has 0 aliphatic carbocycles. The maximum Gasteiger partial charge on any atom is 0.136 e. The average Bonchev–Trinajstić information content (AvgIpc) is 3.70. The van der Waals surface area contributed by atoms with Crippen LogP contribution in [0, 0.1) is 0 Å². The Bertz CT molecular complexity index is 3750. The SMILES string of the molecule is [2H]c1c([2H])c([2H])c(-c2c3c([2H])c([2H])c([2H])c([2H])c3c(-c3c([2H])c([2H])c([2H])c(-c4ccc5oc6cccc(-c7ccc8ccccc8c7)c6c5c4)c3[2H])c3c([2H])c([2H])c([2H])c([2H])c23)c([2H])c1[2H]. The average molecular weight is 640 g/mol. The molecule has 10 aromatic rings. The van der Waals surface area contributed by atoms with Crippen LogP contribution >= 0.6 is 0 Å². The summed E-state index contributed by atoms with van der Waals surface area (Å²) in [6, 6.07) is 11.4. The molecule has 1 nitrogen and oxygen atoms in total. The van der Waals surface area contributed by atoms with Crippen molar-refractivity contribution in [3.63, 3.8) is 0 Å². The normalized spacial score (nSPS) is 16.5. The lowest BCUT2D eigenvalue weighted by Gasteiger charge is -2.18. The molecule has 0 spiro atoms. The Morgan fingerprint density at radius 2 is 1.02 bits per heavy atom. The van der Waals surface area contributed by atoms with E-state index in [-0.39, 0.29) is 11.1 Å². The van der Waals surface area contributed by atoms with E-state index in [0.717, 1.165) is 27.3 Å². The summed E-state index contributed by atoms with van der Waals surface area (Å²) in [7, 11) is 0. The molecule has 0 amide bonds. The second-order valence-corrected chi connectivity index (χ2v) is 11.6. The summed E-state index contributed by atoms with van der Waals surface area (Å²) in [6.45, 7) is 0. The van der Waals surface area contributed by atoms with Gasteiger partial charge in [-0.15, -0.1) is 0 Å². The fraction of sp³-hybridized carbons (Fsp3) is 0. The summed E-state index contributed by atoms with van der Waals surface area (Å²) in [5, 5.41) is 1.36. The zero-order chi connectivity index (χ0) is 47.1. The summed E-state index contributed by atoms with van der Waals surface area (Å²) < 4.78 is 159. The standard InChI is InChI=1S/C48H30O/c1-2-13-32(14-3-1)46-39-18-6-8-20-41(39)47(42-21-9-7-19-40(42)46)37-17-10-16-34(29-37)35-26-27-44-43(30-35)48-38(22-11-23-45(48)49-44)36-25-24-31-12-4-5-15-33(31)28-36/h1-30H/i1D,2D,3D,6D,7D,8D,9D,10D,13D,14D,16D,17D,18D,19D,20D,21D,29D. The summed E-state index contributed by atoms with van der Waals surface area (Å²) >= 11 is 0. The van der Waals surface area contributed by atoms with Gasteiger partial charge in [0.25, 0.3) is 0 Å². The first-order chi connectivity index (χ1) is 31.4. The predicted molar refractivity (Wildman–Crippen MR) is 208 cm³/mol. The van der Waals surface area contributed by atoms with Crippen molar-refractivity contribution in [2.24, 2.45) is 0 Å². The van der Waals surface area contributed by atoms with Gasteiger partial charge in [-0.1, -0.05) is 151 Å². The van der Waals surface area contributed by atoms with E-state index in [2.05, 4.69) is 6.07 Å². The second kappa shape index (κ2) is 11.1. The Labute approximate surface area is 308 Å². The van der Waals surface area contributed by atoms with E-state index in [1.54, 1.807) is 18.2 Å². The van der Waals surface area contributed by atoms with Gasteiger partial charge in [-0.05, 0) is 107 Å². The van der Waals surface area contributed by atoms with Crippen LogP contribution in [-0.2, 0) is 0 Å². The Morgan fingerprint density at radius 3 is 1.78 bits per heavy atom. The highest BCUT2D eigenvalue weighted by Crippen LogP contribution is 2.45. The molecular weight excluding hydrogens is 593 g/mol. The smallest absolute Gasteiger partial charge is 0.136 e. The molecule has 0 saturated heterocycles. The van der Waals surface area contributed by atoms with Crippen molar-refractivity contribution in [2.75, 3.05) is 0 Å². The molecule has 1 heterocycles. The number of rotatable bonds is 4. The van der Waals surface area contributed by atoms with Gasteiger partial charge in [0.05, 0.1) is 23.3 Å². The van der Waals surface area contributed by atoms with E-state index in [0.29, 0.717) is 16.6 Å². The Kier molecular flexibility index (Phi) is 3.54. The van der Waals surface area contributed by atoms with Crippen LogP contribution in [0.3, 0.4) is 0 Å². The zero-order valence-corrected chi connectivity index (χ0v) is 25.4. The molecule has 0 aliphatic rings. The van der Waals surface area contributed by atoms with Crippen molar-refractivity contribution in [3.05, 3.63) is 182 Å². The molecule has 0 unspecified atom stereocenters. The Balaban J connectivity index is 1.36. The molecule has 49 heavy (non-hydrogen) atoms. The molecule has 10 rings (SSSR count). The van der Waals surface area contributed by atoms with Gasteiger partial charge in [-0.2, -0.15) is 0 Å². The van der Waals surface area contributed by atoms with E-state index in [4.69, 9.17) is 16.8 Å². The van der Waals surface area contributed by atoms with Gasteiger partial charge in [0.2, 0.25) is 0 Å². The first-order valence-corrected chi connectivity index (χ1v) is 15.5. The minimum Gasteiger partial charge on any atom is -0.456 e. The quantitative estimate of drug-likeness (QED) is 0.175. The van der Waals surface area contributed by atoms with Gasteiger partial charge in [0.15, 0.2) is 0 Å². The molecule has 0 N–H and O–H groups in total. The van der Waals surface area contributed by atoms with Crippen molar-refractivity contribution >= 4 is 54.3 Å². The number of furan rings is 1. The number of hydrogen-bond acceptors (Lipinski definition) is 1. The maximum absolute atomic E-state index is 9.88. The van der Waals surface area contributed by atoms with Crippen molar-refractivity contribution in [2.45, 2.75) is 0 Å². The Hall–Kier alpha value is -6.44. The second-order valence-electron chi connectivity index (χ2n) is 11.6. The van der Waals surface area contributed by atoms with Crippen LogP contribution < -0.4 is 0 Å². The van der Waals surface area contributed by atoms with E-state index >= 15 is 0 Å². The molecule has 0 bridgehead atoms. The fourth-order valence-electron chi connectivity index (χ4n) is 6.69. The van der Waals surface area contributed by atoms with Gasteiger partial charge in [-0.25, -0.2) is 0 Å². The summed E-state index contributed by atoms with van der Waals surface area (Å²) in [5.41, 5.74) is 0.705. The highest BCUT2D eigenvalue weighted by atomic mass is 16.3. The summed E-state index contributed by atoms with van der Waals surface area (Å²) in [5.74, 6) is 0. The van der Waals surface area contributed by atoms with Crippen molar-refractivity contribution in [1.82, 2.24) is 0 Å². The fourth-order valence-corrected chi connectivity index (χ4v) is 6.69. The van der Waals surface area contributed by atoms with Gasteiger partial charge < -0.3 is 4.42 Å². The molecule has 9 aromatic carbocycles. The first kappa shape index (κ1) is 15.6. The van der Waals surface area contributed by atoms with Gasteiger partial charge in [0.1, 0.15) is 11.2 Å². The first-order valence-electron chi connectivity index (χ1n) is 24.0. The molecule has 0 aliphatic heterocycles. The monoisotopic (exact) mass is 639 g/mol. The highest BCUT2D eigenvalue weighted by Gasteiger charge is 2.18. The van der Waals surface area contributed by atoms with Crippen LogP contribution in [0.15, 0.2) is 186 Å². The molecular formula is C48H30O. The van der Waals surface area contributed by atoms with Crippen molar-refractivity contribution in [1.29, 1.82) is 0 Å². The van der Waals surface area contributed by atoms with Gasteiger partial charge in [0, 0.05) is 10.8 Å². The van der Waals surface area contributed by atoms with E-state index in [1.807, 2.05) is 54.6 Å². The van der Waals surface area contributed by atoms with Crippen LogP contribution in [0.4, 0.5) is 0 Å². The molecule has 1 heteroatoms. The summed E-state index contributed by atoms with van der Waals surface area (Å²) in [4.78, 5) is 0. The van der Waals surface area contributed by atoms with Crippen molar-refractivity contribution in [3.8, 4) is 44.5 Å². The number of benzene rings is 9. The lowest BCUT2D eigenvalue weighted by molar-refractivity contribution is 0.669. The number of hydrogen-bond donors (Lipinski definition) is 0. The lowest BCUT2D eigenvalue weighted by atomic mass is 9.85. The zero-order valence-electron chi connectivity index (χ0n) is 42.4. The number of fused-ring (bicyclic) bond motifs is 6. The highest BCUT2D eigenvalue weighted by molar-refractivity contribution is 6.21. The third kappa shape index (κ3) is 4.47. The van der Waals surface area contributed by atoms with Crippen LogP contribution in [0.1, 0.15) is 23.3 Å². The van der Waals surface area contributed by atoms with Crippen molar-refractivity contribution < 1.29 is 27.7 Å². The maximum atomic E-state index is 9.88. The summed E-state index contributed by atoms with van der Waals surface area (Å²) in [6.07, 6.45) is 0. The third-order valence-corrected chi connectivity index (χ3v) is 8.84. The third-order valence-electron chi connectivity index (χ3n) is 8.84. The molecule has 0 fully saturated rings. The van der Waals surface area contributed by atoms with Crippen LogP contribution in [-0.4, -0.2) is 0 Å². The van der Waals surface area contributed by atoms with Gasteiger partial charge in [-0.3, -0.25) is 0 Å². The minimum atomic E-state index is -0.823. The molecule has 228 valence electrons. The van der Waals surface area contributed by atoms with E-state index < -0.39 is 147 Å². The molecule has 0 radical (unpaired) electrons. The molecule has 0 atom stereocenters. The predicted octanol–water partition coefficient (Wildman–Crippen LogP) is 13.7. The lowest BCUT2D eigenvalue weighted by Crippen LogP contribution is -1.91. The Morgan fingerprint density at radius 1 is 0.388 bits per heavy atom. The van der Waals surface area contributed by atoms with E-state index in [9.17, 15) is 11.0 Å².